The molecule has 0 aliphatic heterocycles. The van der Waals surface area contributed by atoms with Crippen LogP contribution in [-0.2, 0) is 10.5 Å². The fourth-order valence-electron chi connectivity index (χ4n) is 1.18. The second-order valence-corrected chi connectivity index (χ2v) is 5.75. The summed E-state index contributed by atoms with van der Waals surface area (Å²) in [6.07, 6.45) is 0.584. The van der Waals surface area contributed by atoms with E-state index in [1.807, 2.05) is 24.3 Å². The van der Waals surface area contributed by atoms with Gasteiger partial charge in [0.25, 0.3) is 0 Å². The number of rotatable bonds is 6. The Morgan fingerprint density at radius 1 is 1.41 bits per heavy atom. The minimum Gasteiger partial charge on any atom is -0.368 e. The van der Waals surface area contributed by atoms with E-state index in [-0.39, 0.29) is 0 Å². The van der Waals surface area contributed by atoms with Gasteiger partial charge in [-0.05, 0) is 36.8 Å². The molecule has 1 atom stereocenters. The van der Waals surface area contributed by atoms with Crippen molar-refractivity contribution in [1.82, 2.24) is 0 Å². The summed E-state index contributed by atoms with van der Waals surface area (Å²) in [5, 5.41) is 0.738. The van der Waals surface area contributed by atoms with Crippen molar-refractivity contribution >= 4 is 29.3 Å². The lowest BCUT2D eigenvalue weighted by Crippen LogP contribution is -2.49. The van der Waals surface area contributed by atoms with E-state index in [1.54, 1.807) is 18.7 Å². The Hall–Kier alpha value is -0.710. The Morgan fingerprint density at radius 3 is 2.53 bits per heavy atom. The number of benzene rings is 1. The Morgan fingerprint density at radius 2 is 2.00 bits per heavy atom. The van der Waals surface area contributed by atoms with Crippen LogP contribution in [0.2, 0.25) is 5.02 Å². The minimum absolute atomic E-state index is 0.454. The van der Waals surface area contributed by atoms with Crippen LogP contribution < -0.4 is 11.5 Å². The predicted molar refractivity (Wildman–Crippen MR) is 74.0 cm³/mol. The molecule has 0 aliphatic carbocycles. The number of carbonyl (C=O) groups is 1. The molecule has 3 nitrogen and oxygen atoms in total. The number of primary amides is 1. The molecule has 0 heterocycles. The molecule has 5 heteroatoms. The summed E-state index contributed by atoms with van der Waals surface area (Å²) in [4.78, 5) is 11.0. The molecule has 1 aromatic rings. The van der Waals surface area contributed by atoms with Crippen LogP contribution in [0.3, 0.4) is 0 Å². The first-order valence-electron chi connectivity index (χ1n) is 5.33. The normalized spacial score (nSPS) is 14.3. The lowest BCUT2D eigenvalue weighted by atomic mass is 10.0. The van der Waals surface area contributed by atoms with Crippen molar-refractivity contribution in [3.8, 4) is 0 Å². The zero-order chi connectivity index (χ0) is 12.9. The third kappa shape index (κ3) is 4.98. The van der Waals surface area contributed by atoms with E-state index < -0.39 is 11.4 Å². The van der Waals surface area contributed by atoms with Gasteiger partial charge in [-0.15, -0.1) is 0 Å². The molecule has 0 saturated carbocycles. The van der Waals surface area contributed by atoms with Gasteiger partial charge in [-0.1, -0.05) is 23.7 Å². The van der Waals surface area contributed by atoms with E-state index in [9.17, 15) is 4.79 Å². The lowest BCUT2D eigenvalue weighted by Gasteiger charge is -2.19. The van der Waals surface area contributed by atoms with Gasteiger partial charge in [-0.3, -0.25) is 4.79 Å². The van der Waals surface area contributed by atoms with Crippen LogP contribution in [-0.4, -0.2) is 17.2 Å². The maximum atomic E-state index is 11.0. The zero-order valence-electron chi connectivity index (χ0n) is 9.78. The van der Waals surface area contributed by atoms with E-state index in [0.717, 1.165) is 16.5 Å². The average molecular weight is 273 g/mol. The van der Waals surface area contributed by atoms with Gasteiger partial charge in [0.1, 0.15) is 0 Å². The smallest absolute Gasteiger partial charge is 0.237 e. The Kier molecular flexibility index (Phi) is 5.31. The molecular weight excluding hydrogens is 256 g/mol. The van der Waals surface area contributed by atoms with Crippen molar-refractivity contribution in [1.29, 1.82) is 0 Å². The van der Waals surface area contributed by atoms with Gasteiger partial charge in [0.05, 0.1) is 5.54 Å². The van der Waals surface area contributed by atoms with E-state index in [2.05, 4.69) is 0 Å². The molecule has 4 N–H and O–H groups in total. The maximum absolute atomic E-state index is 11.0. The molecule has 17 heavy (non-hydrogen) atoms. The van der Waals surface area contributed by atoms with Gasteiger partial charge >= 0.3 is 0 Å². The van der Waals surface area contributed by atoms with Gasteiger partial charge < -0.3 is 11.5 Å². The number of hydrogen-bond donors (Lipinski definition) is 2. The molecule has 1 unspecified atom stereocenters. The molecule has 1 amide bonds. The van der Waals surface area contributed by atoms with Crippen molar-refractivity contribution in [2.45, 2.75) is 24.6 Å². The first-order chi connectivity index (χ1) is 7.92. The van der Waals surface area contributed by atoms with Crippen LogP contribution in [0, 0.1) is 0 Å². The quantitative estimate of drug-likeness (QED) is 0.780. The Balaban J connectivity index is 2.29. The third-order valence-corrected chi connectivity index (χ3v) is 3.79. The first-order valence-corrected chi connectivity index (χ1v) is 6.86. The first kappa shape index (κ1) is 14.4. The zero-order valence-corrected chi connectivity index (χ0v) is 11.4. The highest BCUT2D eigenvalue weighted by atomic mass is 35.5. The SMILES string of the molecule is CC(N)(CCSCc1ccc(Cl)cc1)C(N)=O. The summed E-state index contributed by atoms with van der Waals surface area (Å²) >= 11 is 7.52. The maximum Gasteiger partial charge on any atom is 0.237 e. The van der Waals surface area contributed by atoms with E-state index in [1.165, 1.54) is 5.56 Å². The van der Waals surface area contributed by atoms with Gasteiger partial charge in [-0.25, -0.2) is 0 Å². The van der Waals surface area contributed by atoms with Crippen molar-refractivity contribution in [2.75, 3.05) is 5.75 Å². The number of amides is 1. The molecule has 0 aliphatic rings. The summed E-state index contributed by atoms with van der Waals surface area (Å²) in [7, 11) is 0. The van der Waals surface area contributed by atoms with E-state index in [0.29, 0.717) is 6.42 Å². The number of thioether (sulfide) groups is 1. The number of hydrogen-bond acceptors (Lipinski definition) is 3. The summed E-state index contributed by atoms with van der Waals surface area (Å²) < 4.78 is 0. The van der Waals surface area contributed by atoms with Gasteiger partial charge in [0.15, 0.2) is 0 Å². The van der Waals surface area contributed by atoms with Crippen molar-refractivity contribution < 1.29 is 4.79 Å². The Bertz CT molecular complexity index is 379. The van der Waals surface area contributed by atoms with Crippen LogP contribution in [0.25, 0.3) is 0 Å². The van der Waals surface area contributed by atoms with Crippen molar-refractivity contribution in [3.05, 3.63) is 34.9 Å². The van der Waals surface area contributed by atoms with Crippen LogP contribution in [0.15, 0.2) is 24.3 Å². The highest BCUT2D eigenvalue weighted by molar-refractivity contribution is 7.98. The standard InChI is InChI=1S/C12H17ClN2OS/c1-12(15,11(14)16)6-7-17-8-9-2-4-10(13)5-3-9/h2-5H,6-8,15H2,1H3,(H2,14,16). The number of nitrogens with two attached hydrogens (primary N) is 2. The second kappa shape index (κ2) is 6.28. The molecule has 0 bridgehead atoms. The molecule has 1 rings (SSSR count). The van der Waals surface area contributed by atoms with Crippen LogP contribution in [0.4, 0.5) is 0 Å². The van der Waals surface area contributed by atoms with E-state index in [4.69, 9.17) is 23.1 Å². The largest absolute Gasteiger partial charge is 0.368 e. The molecule has 0 fully saturated rings. The predicted octanol–water partition coefficient (Wildman–Crippen LogP) is 2.17. The molecule has 0 radical (unpaired) electrons. The summed E-state index contributed by atoms with van der Waals surface area (Å²) in [5.74, 6) is 1.23. The Labute approximate surface area is 111 Å². The highest BCUT2D eigenvalue weighted by Gasteiger charge is 2.24. The van der Waals surface area contributed by atoms with Crippen LogP contribution >= 0.6 is 23.4 Å². The van der Waals surface area contributed by atoms with E-state index >= 15 is 0 Å². The molecule has 0 aromatic heterocycles. The summed E-state index contributed by atoms with van der Waals surface area (Å²) in [6.45, 7) is 1.66. The van der Waals surface area contributed by atoms with Crippen LogP contribution in [0.5, 0.6) is 0 Å². The molecule has 0 saturated heterocycles. The van der Waals surface area contributed by atoms with Gasteiger partial charge in [0, 0.05) is 10.8 Å². The van der Waals surface area contributed by atoms with Crippen molar-refractivity contribution in [3.63, 3.8) is 0 Å². The highest BCUT2D eigenvalue weighted by Crippen LogP contribution is 2.18. The molecule has 1 aromatic carbocycles. The fraction of sp³-hybridized carbons (Fsp3) is 0.417. The van der Waals surface area contributed by atoms with Crippen LogP contribution in [0.1, 0.15) is 18.9 Å². The lowest BCUT2D eigenvalue weighted by molar-refractivity contribution is -0.122. The number of halogens is 1. The van der Waals surface area contributed by atoms with Crippen molar-refractivity contribution in [2.24, 2.45) is 11.5 Å². The molecule has 0 spiro atoms. The number of carbonyl (C=O) groups excluding carboxylic acids is 1. The molecular formula is C12H17ClN2OS. The second-order valence-electron chi connectivity index (χ2n) is 4.21. The minimum atomic E-state index is -0.910. The average Bonchev–Trinajstić information content (AvgIpc) is 2.26. The van der Waals surface area contributed by atoms with Gasteiger partial charge in [-0.2, -0.15) is 11.8 Å². The third-order valence-electron chi connectivity index (χ3n) is 2.51. The van der Waals surface area contributed by atoms with Gasteiger partial charge in [0.2, 0.25) is 5.91 Å². The topological polar surface area (TPSA) is 69.1 Å². The monoisotopic (exact) mass is 272 g/mol. The molecule has 94 valence electrons. The fourth-order valence-corrected chi connectivity index (χ4v) is 2.44. The summed E-state index contributed by atoms with van der Waals surface area (Å²) in [6, 6.07) is 7.72. The summed E-state index contributed by atoms with van der Waals surface area (Å²) in [5.41, 5.74) is 11.2.